The van der Waals surface area contributed by atoms with Crippen LogP contribution in [-0.4, -0.2) is 46.6 Å². The molecular formula is C14H21Cl2NO3S. The van der Waals surface area contributed by atoms with Crippen LogP contribution in [0.1, 0.15) is 13.3 Å². The van der Waals surface area contributed by atoms with Gasteiger partial charge in [0.1, 0.15) is 18.5 Å². The number of aliphatic hydroxyl groups is 1. The average Bonchev–Trinajstić information content (AvgIpc) is 2.43. The van der Waals surface area contributed by atoms with Crippen molar-refractivity contribution < 1.29 is 14.1 Å². The predicted molar refractivity (Wildman–Crippen MR) is 89.0 cm³/mol. The van der Waals surface area contributed by atoms with Crippen LogP contribution < -0.4 is 10.1 Å². The smallest absolute Gasteiger partial charge is 0.139 e. The number of nitrogens with one attached hydrogen (secondary N) is 1. The van der Waals surface area contributed by atoms with Gasteiger partial charge < -0.3 is 15.2 Å². The third-order valence-corrected chi connectivity index (χ3v) is 4.22. The zero-order valence-corrected chi connectivity index (χ0v) is 14.5. The molecule has 21 heavy (non-hydrogen) atoms. The summed E-state index contributed by atoms with van der Waals surface area (Å²) in [5.74, 6) is 1.11. The normalized spacial score (nSPS) is 15.5. The number of benzene rings is 1. The van der Waals surface area contributed by atoms with Crippen molar-refractivity contribution >= 4 is 34.0 Å². The Balaban J connectivity index is 2.29. The van der Waals surface area contributed by atoms with Crippen molar-refractivity contribution in [3.63, 3.8) is 0 Å². The fourth-order valence-corrected chi connectivity index (χ4v) is 2.63. The summed E-state index contributed by atoms with van der Waals surface area (Å²) in [6.45, 7) is 2.52. The summed E-state index contributed by atoms with van der Waals surface area (Å²) < 4.78 is 16.5. The quantitative estimate of drug-likeness (QED) is 0.715. The van der Waals surface area contributed by atoms with Gasteiger partial charge in [-0.05, 0) is 25.5 Å². The maximum atomic E-state index is 11.0. The van der Waals surface area contributed by atoms with E-state index in [1.807, 2.05) is 6.92 Å². The Hall–Kier alpha value is -0.330. The first-order valence-electron chi connectivity index (χ1n) is 6.67. The lowest BCUT2D eigenvalue weighted by Crippen LogP contribution is -2.37. The summed E-state index contributed by atoms with van der Waals surface area (Å²) in [7, 11) is -0.788. The Morgan fingerprint density at radius 3 is 2.81 bits per heavy atom. The maximum absolute atomic E-state index is 11.0. The van der Waals surface area contributed by atoms with Crippen LogP contribution in [0.3, 0.4) is 0 Å². The van der Waals surface area contributed by atoms with Gasteiger partial charge in [0.25, 0.3) is 0 Å². The molecule has 120 valence electrons. The first-order chi connectivity index (χ1) is 9.88. The summed E-state index contributed by atoms with van der Waals surface area (Å²) in [4.78, 5) is 0. The minimum Gasteiger partial charge on any atom is -0.489 e. The van der Waals surface area contributed by atoms with E-state index in [1.165, 1.54) is 0 Å². The maximum Gasteiger partial charge on any atom is 0.139 e. The molecule has 0 aliphatic rings. The van der Waals surface area contributed by atoms with Gasteiger partial charge in [0.05, 0.1) is 5.02 Å². The standard InChI is InChI=1S/C14H21Cl2NO3S/c1-10(5-6-21(2)19)17-8-12(18)9-20-14-7-11(15)3-4-13(14)16/h3-4,7,10,12,17-18H,5-6,8-9H2,1-2H3. The third-order valence-electron chi connectivity index (χ3n) is 2.86. The Labute approximate surface area is 138 Å². The molecule has 0 amide bonds. The molecule has 4 nitrogen and oxygen atoms in total. The number of hydrogen-bond donors (Lipinski definition) is 2. The van der Waals surface area contributed by atoms with Gasteiger partial charge in [-0.1, -0.05) is 23.2 Å². The second-order valence-corrected chi connectivity index (χ2v) is 7.31. The molecule has 0 saturated heterocycles. The second-order valence-electron chi connectivity index (χ2n) is 4.91. The van der Waals surface area contributed by atoms with Crippen LogP contribution in [0, 0.1) is 0 Å². The van der Waals surface area contributed by atoms with Gasteiger partial charge in [-0.15, -0.1) is 0 Å². The lowest BCUT2D eigenvalue weighted by atomic mass is 10.2. The van der Waals surface area contributed by atoms with Crippen molar-refractivity contribution in [2.75, 3.05) is 25.2 Å². The highest BCUT2D eigenvalue weighted by atomic mass is 35.5. The summed E-state index contributed by atoms with van der Waals surface area (Å²) in [5, 5.41) is 14.0. The molecule has 3 atom stereocenters. The SMILES string of the molecule is CC(CCS(C)=O)NCC(O)COc1cc(Cl)ccc1Cl. The fourth-order valence-electron chi connectivity index (χ4n) is 1.61. The molecule has 0 heterocycles. The largest absolute Gasteiger partial charge is 0.489 e. The van der Waals surface area contributed by atoms with Crippen molar-refractivity contribution in [1.82, 2.24) is 5.32 Å². The monoisotopic (exact) mass is 353 g/mol. The molecule has 0 aliphatic heterocycles. The van der Waals surface area contributed by atoms with Crippen LogP contribution in [-0.2, 0) is 10.8 Å². The van der Waals surface area contributed by atoms with E-state index >= 15 is 0 Å². The molecule has 0 aromatic heterocycles. The molecule has 2 N–H and O–H groups in total. The van der Waals surface area contributed by atoms with E-state index < -0.39 is 16.9 Å². The number of halogens is 2. The molecule has 0 fully saturated rings. The molecular weight excluding hydrogens is 333 g/mol. The highest BCUT2D eigenvalue weighted by Gasteiger charge is 2.10. The Bertz CT molecular complexity index is 474. The van der Waals surface area contributed by atoms with E-state index in [2.05, 4.69) is 5.32 Å². The van der Waals surface area contributed by atoms with Crippen molar-refractivity contribution in [1.29, 1.82) is 0 Å². The lowest BCUT2D eigenvalue weighted by molar-refractivity contribution is 0.104. The summed E-state index contributed by atoms with van der Waals surface area (Å²) in [5.41, 5.74) is 0. The van der Waals surface area contributed by atoms with E-state index in [1.54, 1.807) is 24.5 Å². The molecule has 0 saturated carbocycles. The van der Waals surface area contributed by atoms with E-state index in [4.69, 9.17) is 27.9 Å². The zero-order valence-electron chi connectivity index (χ0n) is 12.1. The van der Waals surface area contributed by atoms with Crippen molar-refractivity contribution in [2.24, 2.45) is 0 Å². The highest BCUT2D eigenvalue weighted by molar-refractivity contribution is 7.84. The lowest BCUT2D eigenvalue weighted by Gasteiger charge is -2.17. The summed E-state index contributed by atoms with van der Waals surface area (Å²) in [6, 6.07) is 5.13. The molecule has 0 spiro atoms. The number of aliphatic hydroxyl groups excluding tert-OH is 1. The first-order valence-corrected chi connectivity index (χ1v) is 9.16. The number of ether oxygens (including phenoxy) is 1. The van der Waals surface area contributed by atoms with Crippen LogP contribution in [0.4, 0.5) is 0 Å². The number of hydrogen-bond acceptors (Lipinski definition) is 4. The second kappa shape index (κ2) is 9.64. The van der Waals surface area contributed by atoms with Gasteiger partial charge in [-0.25, -0.2) is 0 Å². The molecule has 0 aliphatic carbocycles. The van der Waals surface area contributed by atoms with E-state index in [0.29, 0.717) is 28.1 Å². The molecule has 0 radical (unpaired) electrons. The molecule has 0 bridgehead atoms. The minimum absolute atomic E-state index is 0.124. The zero-order chi connectivity index (χ0) is 15.8. The molecule has 7 heteroatoms. The third kappa shape index (κ3) is 8.02. The summed E-state index contributed by atoms with van der Waals surface area (Å²) >= 11 is 11.8. The molecule has 3 unspecified atom stereocenters. The fraction of sp³-hybridized carbons (Fsp3) is 0.571. The topological polar surface area (TPSA) is 58.6 Å². The van der Waals surface area contributed by atoms with E-state index in [-0.39, 0.29) is 12.6 Å². The van der Waals surface area contributed by atoms with Gasteiger partial charge in [0.15, 0.2) is 0 Å². The van der Waals surface area contributed by atoms with Gasteiger partial charge >= 0.3 is 0 Å². The van der Waals surface area contributed by atoms with Gasteiger partial charge in [0.2, 0.25) is 0 Å². The average molecular weight is 354 g/mol. The molecule has 1 aromatic rings. The van der Waals surface area contributed by atoms with Crippen molar-refractivity contribution in [3.8, 4) is 5.75 Å². The Morgan fingerprint density at radius 2 is 2.14 bits per heavy atom. The Kier molecular flexibility index (Phi) is 8.59. The number of rotatable bonds is 9. The van der Waals surface area contributed by atoms with Crippen molar-refractivity contribution in [3.05, 3.63) is 28.2 Å². The van der Waals surface area contributed by atoms with Crippen LogP contribution in [0.5, 0.6) is 5.75 Å². The van der Waals surface area contributed by atoms with Gasteiger partial charge in [-0.2, -0.15) is 0 Å². The predicted octanol–water partition coefficient (Wildman–Crippen LogP) is 2.48. The van der Waals surface area contributed by atoms with Crippen LogP contribution in [0.2, 0.25) is 10.0 Å². The molecule has 1 aromatic carbocycles. The first kappa shape index (κ1) is 18.7. The minimum atomic E-state index is -0.788. The van der Waals surface area contributed by atoms with Gasteiger partial charge in [-0.3, -0.25) is 4.21 Å². The van der Waals surface area contributed by atoms with Crippen LogP contribution in [0.15, 0.2) is 18.2 Å². The van der Waals surface area contributed by atoms with Crippen LogP contribution >= 0.6 is 23.2 Å². The van der Waals surface area contributed by atoms with E-state index in [9.17, 15) is 9.32 Å². The van der Waals surface area contributed by atoms with E-state index in [0.717, 1.165) is 6.42 Å². The van der Waals surface area contributed by atoms with Crippen molar-refractivity contribution in [2.45, 2.75) is 25.5 Å². The Morgan fingerprint density at radius 1 is 1.43 bits per heavy atom. The summed E-state index contributed by atoms with van der Waals surface area (Å²) in [6.07, 6.45) is 1.83. The molecule has 1 rings (SSSR count). The highest BCUT2D eigenvalue weighted by Crippen LogP contribution is 2.27. The van der Waals surface area contributed by atoms with Crippen LogP contribution in [0.25, 0.3) is 0 Å². The van der Waals surface area contributed by atoms with Gasteiger partial charge in [0, 0.05) is 46.5 Å².